The fourth-order valence-electron chi connectivity index (χ4n) is 3.56. The third kappa shape index (κ3) is 3.99. The van der Waals surface area contributed by atoms with Crippen LogP contribution in [-0.4, -0.2) is 28.1 Å². The van der Waals surface area contributed by atoms with Gasteiger partial charge in [0.05, 0.1) is 12.1 Å². The smallest absolute Gasteiger partial charge is 0.260 e. The van der Waals surface area contributed by atoms with Crippen LogP contribution in [0.25, 0.3) is 11.5 Å². The molecule has 1 fully saturated rings. The lowest BCUT2D eigenvalue weighted by atomic mass is 9.90. The van der Waals surface area contributed by atoms with Crippen LogP contribution < -0.4 is 0 Å². The van der Waals surface area contributed by atoms with E-state index in [0.29, 0.717) is 17.9 Å². The first-order chi connectivity index (χ1) is 12.8. The van der Waals surface area contributed by atoms with Gasteiger partial charge < -0.3 is 4.52 Å². The van der Waals surface area contributed by atoms with Crippen molar-refractivity contribution in [3.63, 3.8) is 0 Å². The minimum absolute atomic E-state index is 0.247. The maximum absolute atomic E-state index is 13.8. The SMILES string of the molecule is Fc1ccccc1-c1nc(CN2CCC(Cc3ccccc3)CC2)no1. The molecule has 1 saturated heterocycles. The quantitative estimate of drug-likeness (QED) is 0.686. The summed E-state index contributed by atoms with van der Waals surface area (Å²) in [5.74, 6) is 1.25. The molecule has 0 saturated carbocycles. The zero-order valence-electron chi connectivity index (χ0n) is 14.6. The Balaban J connectivity index is 1.32. The fraction of sp³-hybridized carbons (Fsp3) is 0.333. The van der Waals surface area contributed by atoms with E-state index in [9.17, 15) is 4.39 Å². The van der Waals surface area contributed by atoms with Gasteiger partial charge in [-0.3, -0.25) is 4.90 Å². The number of likely N-dealkylation sites (tertiary alicyclic amines) is 1. The Kier molecular flexibility index (Phi) is 5.07. The Morgan fingerprint density at radius 1 is 1.00 bits per heavy atom. The highest BCUT2D eigenvalue weighted by atomic mass is 19.1. The molecule has 0 atom stereocenters. The summed E-state index contributed by atoms with van der Waals surface area (Å²) in [6.07, 6.45) is 3.49. The van der Waals surface area contributed by atoms with Gasteiger partial charge in [-0.2, -0.15) is 4.98 Å². The average Bonchev–Trinajstić information content (AvgIpc) is 3.13. The Labute approximate surface area is 152 Å². The zero-order valence-corrected chi connectivity index (χ0v) is 14.6. The van der Waals surface area contributed by atoms with Gasteiger partial charge in [0.1, 0.15) is 5.82 Å². The van der Waals surface area contributed by atoms with Gasteiger partial charge >= 0.3 is 0 Å². The molecule has 4 nitrogen and oxygen atoms in total. The van der Waals surface area contributed by atoms with Gasteiger partial charge in [0.25, 0.3) is 5.89 Å². The van der Waals surface area contributed by atoms with Gasteiger partial charge in [-0.05, 0) is 56.0 Å². The maximum atomic E-state index is 13.8. The van der Waals surface area contributed by atoms with E-state index in [-0.39, 0.29) is 11.7 Å². The van der Waals surface area contributed by atoms with E-state index < -0.39 is 0 Å². The average molecular weight is 351 g/mol. The lowest BCUT2D eigenvalue weighted by Crippen LogP contribution is -2.34. The van der Waals surface area contributed by atoms with Crippen LogP contribution >= 0.6 is 0 Å². The van der Waals surface area contributed by atoms with Crippen LogP contribution in [-0.2, 0) is 13.0 Å². The Morgan fingerprint density at radius 3 is 2.50 bits per heavy atom. The standard InChI is InChI=1S/C21H22FN3O/c22-19-9-5-4-8-18(19)21-23-20(24-26-21)15-25-12-10-17(11-13-25)14-16-6-2-1-3-7-16/h1-9,17H,10-15H2. The highest BCUT2D eigenvalue weighted by Gasteiger charge is 2.21. The van der Waals surface area contributed by atoms with Gasteiger partial charge in [-0.1, -0.05) is 47.6 Å². The van der Waals surface area contributed by atoms with Crippen molar-refractivity contribution < 1.29 is 8.91 Å². The number of aromatic nitrogens is 2. The van der Waals surface area contributed by atoms with Gasteiger partial charge in [0.15, 0.2) is 5.82 Å². The second-order valence-electron chi connectivity index (χ2n) is 6.90. The first-order valence-corrected chi connectivity index (χ1v) is 9.12. The monoisotopic (exact) mass is 351 g/mol. The van der Waals surface area contributed by atoms with Gasteiger partial charge in [-0.25, -0.2) is 4.39 Å². The number of rotatable bonds is 5. The molecular formula is C21H22FN3O. The third-order valence-corrected chi connectivity index (χ3v) is 5.01. The van der Waals surface area contributed by atoms with E-state index >= 15 is 0 Å². The topological polar surface area (TPSA) is 42.2 Å². The molecule has 0 aliphatic carbocycles. The normalized spacial score (nSPS) is 16.0. The van der Waals surface area contributed by atoms with E-state index in [1.165, 1.54) is 24.5 Å². The molecule has 5 heteroatoms. The summed E-state index contributed by atoms with van der Waals surface area (Å²) >= 11 is 0. The molecule has 2 heterocycles. The molecule has 0 bridgehead atoms. The van der Waals surface area contributed by atoms with Gasteiger partial charge in [-0.15, -0.1) is 0 Å². The number of halogens is 1. The van der Waals surface area contributed by atoms with Crippen molar-refractivity contribution in [3.05, 3.63) is 71.8 Å². The van der Waals surface area contributed by atoms with Gasteiger partial charge in [0, 0.05) is 0 Å². The number of piperidine rings is 1. The minimum atomic E-state index is -0.343. The molecule has 0 unspecified atom stereocenters. The first kappa shape index (κ1) is 16.9. The predicted octanol–water partition coefficient (Wildman–Crippen LogP) is 4.33. The Hall–Kier alpha value is -2.53. The van der Waals surface area contributed by atoms with E-state index in [1.807, 2.05) is 0 Å². The molecule has 0 amide bonds. The van der Waals surface area contributed by atoms with E-state index in [0.717, 1.165) is 25.4 Å². The van der Waals surface area contributed by atoms with Crippen molar-refractivity contribution in [1.29, 1.82) is 0 Å². The van der Waals surface area contributed by atoms with Crippen molar-refractivity contribution >= 4 is 0 Å². The van der Waals surface area contributed by atoms with Crippen molar-refractivity contribution in [1.82, 2.24) is 15.0 Å². The summed E-state index contributed by atoms with van der Waals surface area (Å²) in [7, 11) is 0. The molecule has 26 heavy (non-hydrogen) atoms. The summed E-state index contributed by atoms with van der Waals surface area (Å²) < 4.78 is 19.1. The number of hydrogen-bond acceptors (Lipinski definition) is 4. The maximum Gasteiger partial charge on any atom is 0.260 e. The predicted molar refractivity (Wildman–Crippen MR) is 97.8 cm³/mol. The molecule has 0 spiro atoms. The number of benzene rings is 2. The molecule has 134 valence electrons. The molecule has 1 aliphatic heterocycles. The largest absolute Gasteiger partial charge is 0.334 e. The molecule has 1 aliphatic rings. The minimum Gasteiger partial charge on any atom is -0.334 e. The van der Waals surface area contributed by atoms with Crippen LogP contribution in [0.15, 0.2) is 59.1 Å². The van der Waals surface area contributed by atoms with Crippen molar-refractivity contribution in [3.8, 4) is 11.5 Å². The van der Waals surface area contributed by atoms with E-state index in [2.05, 4.69) is 45.4 Å². The number of nitrogens with zero attached hydrogens (tertiary/aromatic N) is 3. The number of hydrogen-bond donors (Lipinski definition) is 0. The highest BCUT2D eigenvalue weighted by Crippen LogP contribution is 2.24. The first-order valence-electron chi connectivity index (χ1n) is 9.12. The summed E-state index contributed by atoms with van der Waals surface area (Å²) in [5, 5.41) is 4.02. The third-order valence-electron chi connectivity index (χ3n) is 5.01. The molecule has 3 aromatic rings. The van der Waals surface area contributed by atoms with Gasteiger partial charge in [0.2, 0.25) is 0 Å². The van der Waals surface area contributed by atoms with Crippen molar-refractivity contribution in [2.24, 2.45) is 5.92 Å². The second kappa shape index (κ2) is 7.79. The summed E-state index contributed by atoms with van der Waals surface area (Å²) in [6, 6.07) is 17.1. The summed E-state index contributed by atoms with van der Waals surface area (Å²) in [5.41, 5.74) is 1.77. The molecule has 1 aromatic heterocycles. The Bertz CT molecular complexity index is 841. The lowest BCUT2D eigenvalue weighted by molar-refractivity contribution is 0.172. The van der Waals surface area contributed by atoms with Crippen LogP contribution in [0.2, 0.25) is 0 Å². The highest BCUT2D eigenvalue weighted by molar-refractivity contribution is 5.53. The summed E-state index contributed by atoms with van der Waals surface area (Å²) in [4.78, 5) is 6.71. The molecule has 0 radical (unpaired) electrons. The zero-order chi connectivity index (χ0) is 17.8. The second-order valence-corrected chi connectivity index (χ2v) is 6.90. The van der Waals surface area contributed by atoms with Crippen LogP contribution in [0.4, 0.5) is 4.39 Å². The molecule has 0 N–H and O–H groups in total. The van der Waals surface area contributed by atoms with Crippen molar-refractivity contribution in [2.75, 3.05) is 13.1 Å². The molecule has 2 aromatic carbocycles. The fourth-order valence-corrected chi connectivity index (χ4v) is 3.56. The van der Waals surface area contributed by atoms with Crippen LogP contribution in [0, 0.1) is 11.7 Å². The van der Waals surface area contributed by atoms with Crippen LogP contribution in [0.3, 0.4) is 0 Å². The molecule has 4 rings (SSSR count). The van der Waals surface area contributed by atoms with Crippen LogP contribution in [0.5, 0.6) is 0 Å². The molecular weight excluding hydrogens is 329 g/mol. The van der Waals surface area contributed by atoms with Crippen LogP contribution in [0.1, 0.15) is 24.2 Å². The van der Waals surface area contributed by atoms with Crippen molar-refractivity contribution in [2.45, 2.75) is 25.8 Å². The Morgan fingerprint density at radius 2 is 1.73 bits per heavy atom. The van der Waals surface area contributed by atoms with E-state index in [4.69, 9.17) is 4.52 Å². The van der Waals surface area contributed by atoms with E-state index in [1.54, 1.807) is 18.2 Å². The lowest BCUT2D eigenvalue weighted by Gasteiger charge is -2.31. The summed E-state index contributed by atoms with van der Waals surface area (Å²) in [6.45, 7) is 2.71.